The lowest BCUT2D eigenvalue weighted by Crippen LogP contribution is -2.18. The molecule has 0 radical (unpaired) electrons. The van der Waals surface area contributed by atoms with E-state index in [2.05, 4.69) is 40.7 Å². The third kappa shape index (κ3) is 4.41. The second-order valence-corrected chi connectivity index (χ2v) is 7.60. The van der Waals surface area contributed by atoms with Gasteiger partial charge in [-0.15, -0.1) is 0 Å². The maximum Gasteiger partial charge on any atom is 0.235 e. The number of thioether (sulfide) groups is 1. The number of hydrogen-bond donors (Lipinski definition) is 1. The van der Waals surface area contributed by atoms with Gasteiger partial charge in [0, 0.05) is 24.3 Å². The van der Waals surface area contributed by atoms with Crippen molar-refractivity contribution in [1.29, 1.82) is 0 Å². The number of nitrogens with one attached hydrogen (secondary N) is 1. The van der Waals surface area contributed by atoms with Gasteiger partial charge in [-0.1, -0.05) is 25.6 Å². The molecule has 24 heavy (non-hydrogen) atoms. The molecule has 2 rings (SSSR count). The van der Waals surface area contributed by atoms with Gasteiger partial charge in [-0.25, -0.2) is 9.67 Å². The summed E-state index contributed by atoms with van der Waals surface area (Å²) in [5, 5.41) is 8.06. The molecule has 0 unspecified atom stereocenters. The molecule has 0 spiro atoms. The van der Waals surface area contributed by atoms with Gasteiger partial charge in [0.2, 0.25) is 5.91 Å². The first-order chi connectivity index (χ1) is 11.3. The summed E-state index contributed by atoms with van der Waals surface area (Å²) in [5.74, 6) is 1.55. The maximum absolute atomic E-state index is 12.3. The number of amides is 1. The molecular weight excluding hydrogens is 322 g/mol. The lowest BCUT2D eigenvalue weighted by molar-refractivity contribution is -0.113. The zero-order chi connectivity index (χ0) is 17.9. The summed E-state index contributed by atoms with van der Waals surface area (Å²) >= 11 is 1.48. The van der Waals surface area contributed by atoms with E-state index in [9.17, 15) is 4.79 Å². The highest BCUT2D eigenvalue weighted by Gasteiger charge is 2.15. The minimum Gasteiger partial charge on any atom is -0.323 e. The zero-order valence-corrected chi connectivity index (χ0v) is 16.1. The average Bonchev–Trinajstić information content (AvgIpc) is 3.05. The summed E-state index contributed by atoms with van der Waals surface area (Å²) in [4.78, 5) is 16.9. The molecule has 0 atom stereocenters. The van der Waals surface area contributed by atoms with Crippen LogP contribution < -0.4 is 5.32 Å². The van der Waals surface area contributed by atoms with Crippen molar-refractivity contribution in [3.8, 4) is 0 Å². The molecule has 1 N–H and O–H groups in total. The van der Waals surface area contributed by atoms with Crippen molar-refractivity contribution < 1.29 is 4.79 Å². The SMILES string of the molecule is Cc1nc(SCC(=O)Nc2ccnn2C(C)C)n(CC(C)C)c1C. The van der Waals surface area contributed by atoms with E-state index < -0.39 is 0 Å². The number of anilines is 1. The summed E-state index contributed by atoms with van der Waals surface area (Å²) in [6.45, 7) is 13.4. The quantitative estimate of drug-likeness (QED) is 0.775. The Kier molecular flexibility index (Phi) is 6.10. The van der Waals surface area contributed by atoms with Crippen LogP contribution in [0.15, 0.2) is 17.4 Å². The van der Waals surface area contributed by atoms with Crippen LogP contribution in [-0.4, -0.2) is 31.0 Å². The summed E-state index contributed by atoms with van der Waals surface area (Å²) < 4.78 is 4.01. The molecule has 0 bridgehead atoms. The van der Waals surface area contributed by atoms with Gasteiger partial charge < -0.3 is 9.88 Å². The van der Waals surface area contributed by atoms with Crippen LogP contribution in [0.3, 0.4) is 0 Å². The Hall–Kier alpha value is -1.76. The van der Waals surface area contributed by atoms with Crippen LogP contribution in [0.25, 0.3) is 0 Å². The van der Waals surface area contributed by atoms with E-state index in [4.69, 9.17) is 0 Å². The molecule has 1 amide bonds. The largest absolute Gasteiger partial charge is 0.323 e. The molecule has 0 fully saturated rings. The molecule has 0 aliphatic rings. The van der Waals surface area contributed by atoms with Gasteiger partial charge in [-0.2, -0.15) is 5.10 Å². The van der Waals surface area contributed by atoms with Crippen LogP contribution in [0.4, 0.5) is 5.82 Å². The molecule has 0 saturated heterocycles. The Morgan fingerprint density at radius 3 is 2.62 bits per heavy atom. The number of rotatable bonds is 7. The number of carbonyl (C=O) groups is 1. The molecule has 0 aliphatic carbocycles. The van der Waals surface area contributed by atoms with Crippen molar-refractivity contribution in [3.05, 3.63) is 23.7 Å². The van der Waals surface area contributed by atoms with Crippen LogP contribution in [0.5, 0.6) is 0 Å². The van der Waals surface area contributed by atoms with Crippen LogP contribution in [0.1, 0.15) is 45.1 Å². The minimum atomic E-state index is -0.0446. The predicted molar refractivity (Wildman–Crippen MR) is 98.5 cm³/mol. The van der Waals surface area contributed by atoms with E-state index in [1.54, 1.807) is 10.9 Å². The smallest absolute Gasteiger partial charge is 0.235 e. The Morgan fingerprint density at radius 1 is 1.29 bits per heavy atom. The van der Waals surface area contributed by atoms with Gasteiger partial charge in [-0.3, -0.25) is 4.79 Å². The fraction of sp³-hybridized carbons (Fsp3) is 0.588. The molecular formula is C17H27N5OS. The van der Waals surface area contributed by atoms with Crippen molar-refractivity contribution in [2.45, 2.75) is 59.3 Å². The Morgan fingerprint density at radius 2 is 2.00 bits per heavy atom. The molecule has 0 aliphatic heterocycles. The molecule has 0 saturated carbocycles. The average molecular weight is 350 g/mol. The highest BCUT2D eigenvalue weighted by atomic mass is 32.2. The van der Waals surface area contributed by atoms with E-state index in [0.717, 1.165) is 23.2 Å². The van der Waals surface area contributed by atoms with Crippen molar-refractivity contribution in [3.63, 3.8) is 0 Å². The lowest BCUT2D eigenvalue weighted by Gasteiger charge is -2.13. The van der Waals surface area contributed by atoms with Crippen LogP contribution in [0.2, 0.25) is 0 Å². The van der Waals surface area contributed by atoms with E-state index in [1.807, 2.05) is 26.8 Å². The molecule has 6 nitrogen and oxygen atoms in total. The third-order valence-corrected chi connectivity index (χ3v) is 4.71. The predicted octanol–water partition coefficient (Wildman–Crippen LogP) is 3.66. The van der Waals surface area contributed by atoms with E-state index >= 15 is 0 Å². The summed E-state index contributed by atoms with van der Waals surface area (Å²) in [5.41, 5.74) is 2.20. The number of nitrogens with zero attached hydrogens (tertiary/aromatic N) is 4. The molecule has 0 aromatic carbocycles. The summed E-state index contributed by atoms with van der Waals surface area (Å²) in [6.07, 6.45) is 1.70. The number of aromatic nitrogens is 4. The molecule has 132 valence electrons. The number of carbonyl (C=O) groups excluding carboxylic acids is 1. The van der Waals surface area contributed by atoms with Crippen molar-refractivity contribution in [1.82, 2.24) is 19.3 Å². The van der Waals surface area contributed by atoms with Gasteiger partial charge in [-0.05, 0) is 33.6 Å². The Balaban J connectivity index is 2.01. The lowest BCUT2D eigenvalue weighted by atomic mass is 10.2. The van der Waals surface area contributed by atoms with Crippen molar-refractivity contribution >= 4 is 23.5 Å². The molecule has 7 heteroatoms. The Labute approximate surface area is 148 Å². The topological polar surface area (TPSA) is 64.7 Å². The molecule has 2 heterocycles. The number of aryl methyl sites for hydroxylation is 1. The first-order valence-corrected chi connectivity index (χ1v) is 9.28. The van der Waals surface area contributed by atoms with Crippen LogP contribution >= 0.6 is 11.8 Å². The zero-order valence-electron chi connectivity index (χ0n) is 15.3. The van der Waals surface area contributed by atoms with Crippen molar-refractivity contribution in [2.24, 2.45) is 5.92 Å². The molecule has 2 aromatic heterocycles. The van der Waals surface area contributed by atoms with E-state index in [-0.39, 0.29) is 11.9 Å². The van der Waals surface area contributed by atoms with E-state index in [1.165, 1.54) is 17.5 Å². The summed E-state index contributed by atoms with van der Waals surface area (Å²) in [7, 11) is 0. The van der Waals surface area contributed by atoms with Gasteiger partial charge in [0.15, 0.2) is 5.16 Å². The highest BCUT2D eigenvalue weighted by Crippen LogP contribution is 2.23. The Bertz CT molecular complexity index is 702. The minimum absolute atomic E-state index is 0.0446. The van der Waals surface area contributed by atoms with Gasteiger partial charge in [0.1, 0.15) is 5.82 Å². The van der Waals surface area contributed by atoms with Gasteiger partial charge >= 0.3 is 0 Å². The second-order valence-electron chi connectivity index (χ2n) is 6.66. The van der Waals surface area contributed by atoms with Gasteiger partial charge in [0.05, 0.1) is 17.6 Å². The first-order valence-electron chi connectivity index (χ1n) is 8.29. The molecule has 2 aromatic rings. The fourth-order valence-electron chi connectivity index (χ4n) is 2.45. The monoisotopic (exact) mass is 349 g/mol. The number of imidazole rings is 1. The maximum atomic E-state index is 12.3. The third-order valence-electron chi connectivity index (χ3n) is 3.73. The number of hydrogen-bond acceptors (Lipinski definition) is 4. The fourth-order valence-corrected chi connectivity index (χ4v) is 3.35. The summed E-state index contributed by atoms with van der Waals surface area (Å²) in [6, 6.07) is 2.02. The van der Waals surface area contributed by atoms with Crippen molar-refractivity contribution in [2.75, 3.05) is 11.1 Å². The standard InChI is InChI=1S/C17H27N5OS/c1-11(2)9-21-14(6)13(5)19-17(21)24-10-16(23)20-15-7-8-18-22(15)12(3)4/h7-8,11-12H,9-10H2,1-6H3,(H,20,23). The van der Waals surface area contributed by atoms with Crippen LogP contribution in [-0.2, 0) is 11.3 Å². The second kappa shape index (κ2) is 7.88. The normalized spacial score (nSPS) is 11.5. The van der Waals surface area contributed by atoms with E-state index in [0.29, 0.717) is 11.7 Å². The first kappa shape index (κ1) is 18.6. The van der Waals surface area contributed by atoms with Crippen LogP contribution in [0, 0.1) is 19.8 Å². The highest BCUT2D eigenvalue weighted by molar-refractivity contribution is 7.99. The van der Waals surface area contributed by atoms with Gasteiger partial charge in [0.25, 0.3) is 0 Å².